The molecule has 22 heavy (non-hydrogen) atoms. The zero-order valence-electron chi connectivity index (χ0n) is 12.5. The van der Waals surface area contributed by atoms with Crippen LogP contribution in [0.4, 0.5) is 0 Å². The van der Waals surface area contributed by atoms with E-state index < -0.39 is 5.79 Å². The Kier molecular flexibility index (Phi) is 4.98. The lowest BCUT2D eigenvalue weighted by atomic mass is 10.0. The van der Waals surface area contributed by atoms with Crippen LogP contribution in [0.25, 0.3) is 0 Å². The van der Waals surface area contributed by atoms with E-state index in [4.69, 9.17) is 21.1 Å². The summed E-state index contributed by atoms with van der Waals surface area (Å²) >= 11 is 6.09. The lowest BCUT2D eigenvalue weighted by Gasteiger charge is -2.37. The smallest absolute Gasteiger partial charge is 0.236 e. The third-order valence-electron chi connectivity index (χ3n) is 4.24. The molecule has 2 aliphatic heterocycles. The number of amides is 1. The Hall–Kier alpha value is -1.14. The first-order valence-corrected chi connectivity index (χ1v) is 8.06. The van der Waals surface area contributed by atoms with Crippen LogP contribution in [0.2, 0.25) is 5.02 Å². The number of piperidine rings is 1. The average molecular weight is 325 g/mol. The summed E-state index contributed by atoms with van der Waals surface area (Å²) in [5.74, 6) is -0.318. The van der Waals surface area contributed by atoms with Gasteiger partial charge in [-0.2, -0.15) is 0 Å². The van der Waals surface area contributed by atoms with Crippen LogP contribution < -0.4 is 5.32 Å². The highest BCUT2D eigenvalue weighted by atomic mass is 35.5. The molecule has 5 nitrogen and oxygen atoms in total. The summed E-state index contributed by atoms with van der Waals surface area (Å²) in [4.78, 5) is 14.1. The van der Waals surface area contributed by atoms with Gasteiger partial charge in [0, 0.05) is 37.5 Å². The number of nitrogens with zero attached hydrogens (tertiary/aromatic N) is 1. The third-order valence-corrected chi connectivity index (χ3v) is 4.61. The Morgan fingerprint density at radius 1 is 1.23 bits per heavy atom. The molecule has 120 valence electrons. The van der Waals surface area contributed by atoms with Gasteiger partial charge in [-0.25, -0.2) is 0 Å². The van der Waals surface area contributed by atoms with Gasteiger partial charge in [-0.15, -0.1) is 0 Å². The number of benzene rings is 1. The molecular formula is C16H21ClN2O3. The van der Waals surface area contributed by atoms with E-state index in [0.29, 0.717) is 39.4 Å². The monoisotopic (exact) mass is 324 g/mol. The molecule has 1 aromatic rings. The quantitative estimate of drug-likeness (QED) is 0.917. The minimum atomic E-state index is -0.429. The minimum absolute atomic E-state index is 0.111. The molecule has 6 heteroatoms. The average Bonchev–Trinajstić information content (AvgIpc) is 2.98. The molecular weight excluding hydrogens is 304 g/mol. The largest absolute Gasteiger partial charge is 0.347 e. The first kappa shape index (κ1) is 15.7. The van der Waals surface area contributed by atoms with Gasteiger partial charge in [-0.1, -0.05) is 29.8 Å². The van der Waals surface area contributed by atoms with Gasteiger partial charge in [-0.05, 0) is 11.6 Å². The molecule has 1 spiro atoms. The molecule has 0 atom stereocenters. The highest BCUT2D eigenvalue weighted by molar-refractivity contribution is 6.31. The van der Waals surface area contributed by atoms with Crippen LogP contribution in [-0.4, -0.2) is 49.4 Å². The molecule has 1 aromatic carbocycles. The number of carbonyl (C=O) groups excluding carboxylic acids is 1. The van der Waals surface area contributed by atoms with E-state index in [1.165, 1.54) is 0 Å². The summed E-state index contributed by atoms with van der Waals surface area (Å²) in [5, 5.41) is 3.88. The molecule has 2 heterocycles. The van der Waals surface area contributed by atoms with Crippen molar-refractivity contribution in [3.8, 4) is 0 Å². The molecule has 2 aliphatic rings. The van der Waals surface area contributed by atoms with Crippen molar-refractivity contribution in [1.82, 2.24) is 10.2 Å². The normalized spacial score (nSPS) is 20.5. The Morgan fingerprint density at radius 3 is 2.59 bits per heavy atom. The van der Waals surface area contributed by atoms with Crippen LogP contribution in [0, 0.1) is 0 Å². The molecule has 0 bridgehead atoms. The molecule has 0 saturated carbocycles. The van der Waals surface area contributed by atoms with E-state index in [1.807, 2.05) is 29.2 Å². The Labute approximate surface area is 135 Å². The van der Waals surface area contributed by atoms with Crippen molar-refractivity contribution in [2.24, 2.45) is 0 Å². The number of carbonyl (C=O) groups is 1. The Bertz CT molecular complexity index is 522. The summed E-state index contributed by atoms with van der Waals surface area (Å²) in [7, 11) is 0. The summed E-state index contributed by atoms with van der Waals surface area (Å²) in [6, 6.07) is 7.65. The molecule has 1 N–H and O–H groups in total. The van der Waals surface area contributed by atoms with Gasteiger partial charge in [0.15, 0.2) is 5.79 Å². The topological polar surface area (TPSA) is 50.8 Å². The van der Waals surface area contributed by atoms with Crippen molar-refractivity contribution < 1.29 is 14.3 Å². The van der Waals surface area contributed by atoms with Crippen molar-refractivity contribution in [3.63, 3.8) is 0 Å². The second-order valence-electron chi connectivity index (χ2n) is 5.68. The van der Waals surface area contributed by atoms with E-state index in [0.717, 1.165) is 23.4 Å². The number of hydrogen-bond donors (Lipinski definition) is 1. The van der Waals surface area contributed by atoms with Crippen LogP contribution in [-0.2, 0) is 20.8 Å². The number of ether oxygens (including phenoxy) is 2. The maximum atomic E-state index is 12.2. The van der Waals surface area contributed by atoms with Crippen LogP contribution in [0.1, 0.15) is 18.4 Å². The van der Waals surface area contributed by atoms with Gasteiger partial charge < -0.3 is 19.7 Å². The van der Waals surface area contributed by atoms with E-state index in [1.54, 1.807) is 0 Å². The number of likely N-dealkylation sites (tertiary alicyclic amines) is 1. The summed E-state index contributed by atoms with van der Waals surface area (Å²) < 4.78 is 11.3. The zero-order valence-corrected chi connectivity index (χ0v) is 13.3. The van der Waals surface area contributed by atoms with Crippen molar-refractivity contribution in [2.75, 3.05) is 32.8 Å². The van der Waals surface area contributed by atoms with Crippen molar-refractivity contribution in [3.05, 3.63) is 34.9 Å². The zero-order chi connectivity index (χ0) is 15.4. The highest BCUT2D eigenvalue weighted by Gasteiger charge is 2.40. The molecule has 2 fully saturated rings. The summed E-state index contributed by atoms with van der Waals surface area (Å²) in [5.41, 5.74) is 1.00. The van der Waals surface area contributed by atoms with Gasteiger partial charge in [0.2, 0.25) is 5.91 Å². The van der Waals surface area contributed by atoms with Crippen LogP contribution >= 0.6 is 11.6 Å². The number of halogens is 1. The van der Waals surface area contributed by atoms with Crippen molar-refractivity contribution in [2.45, 2.75) is 25.2 Å². The number of nitrogens with one attached hydrogen (secondary N) is 1. The van der Waals surface area contributed by atoms with Crippen LogP contribution in [0.3, 0.4) is 0 Å². The van der Waals surface area contributed by atoms with E-state index >= 15 is 0 Å². The third kappa shape index (κ3) is 3.60. The van der Waals surface area contributed by atoms with Crippen LogP contribution in [0.5, 0.6) is 0 Å². The van der Waals surface area contributed by atoms with E-state index in [9.17, 15) is 4.79 Å². The minimum Gasteiger partial charge on any atom is -0.347 e. The molecule has 0 aromatic heterocycles. The maximum Gasteiger partial charge on any atom is 0.236 e. The predicted octanol–water partition coefficient (Wildman–Crippen LogP) is 1.80. The fourth-order valence-electron chi connectivity index (χ4n) is 2.94. The molecule has 0 aliphatic carbocycles. The predicted molar refractivity (Wildman–Crippen MR) is 83.6 cm³/mol. The summed E-state index contributed by atoms with van der Waals surface area (Å²) in [6.45, 7) is 3.61. The van der Waals surface area contributed by atoms with Gasteiger partial charge in [-0.3, -0.25) is 4.79 Å². The molecule has 0 radical (unpaired) electrons. The van der Waals surface area contributed by atoms with Gasteiger partial charge in [0.05, 0.1) is 19.8 Å². The van der Waals surface area contributed by atoms with Gasteiger partial charge in [0.25, 0.3) is 0 Å². The number of rotatable bonds is 4. The van der Waals surface area contributed by atoms with E-state index in [-0.39, 0.29) is 5.91 Å². The highest BCUT2D eigenvalue weighted by Crippen LogP contribution is 2.31. The first-order valence-electron chi connectivity index (χ1n) is 7.68. The van der Waals surface area contributed by atoms with Crippen LogP contribution in [0.15, 0.2) is 24.3 Å². The van der Waals surface area contributed by atoms with Crippen molar-refractivity contribution in [1.29, 1.82) is 0 Å². The summed E-state index contributed by atoms with van der Waals surface area (Å²) in [6.07, 6.45) is 1.51. The standard InChI is InChI=1S/C16H21ClN2O3/c17-14-4-2-1-3-13(14)11-18-12-15(20)19-7-5-16(6-8-19)21-9-10-22-16/h1-4,18H,5-12H2. The van der Waals surface area contributed by atoms with Crippen molar-refractivity contribution >= 4 is 17.5 Å². The first-order chi connectivity index (χ1) is 10.7. The second kappa shape index (κ2) is 6.96. The Balaban J connectivity index is 1.42. The maximum absolute atomic E-state index is 12.2. The second-order valence-corrected chi connectivity index (χ2v) is 6.09. The molecule has 2 saturated heterocycles. The number of hydrogen-bond acceptors (Lipinski definition) is 4. The van der Waals surface area contributed by atoms with Gasteiger partial charge in [0.1, 0.15) is 0 Å². The van der Waals surface area contributed by atoms with Gasteiger partial charge >= 0.3 is 0 Å². The fourth-order valence-corrected chi connectivity index (χ4v) is 3.14. The van der Waals surface area contributed by atoms with E-state index in [2.05, 4.69) is 5.32 Å². The fraction of sp³-hybridized carbons (Fsp3) is 0.562. The SMILES string of the molecule is O=C(CNCc1ccccc1Cl)N1CCC2(CC1)OCCO2. The lowest BCUT2D eigenvalue weighted by Crippen LogP contribution is -2.49. The molecule has 1 amide bonds. The Morgan fingerprint density at radius 2 is 1.91 bits per heavy atom. The molecule has 0 unspecified atom stereocenters. The molecule has 3 rings (SSSR count). The lowest BCUT2D eigenvalue weighted by molar-refractivity contribution is -0.187.